The van der Waals surface area contributed by atoms with Crippen molar-refractivity contribution in [2.45, 2.75) is 19.6 Å². The summed E-state index contributed by atoms with van der Waals surface area (Å²) in [5.41, 5.74) is 0.484. The Balaban J connectivity index is 1.41. The second-order valence-electron chi connectivity index (χ2n) is 6.00. The van der Waals surface area contributed by atoms with Gasteiger partial charge < -0.3 is 19.8 Å². The zero-order chi connectivity index (χ0) is 19.1. The van der Waals surface area contributed by atoms with Crippen molar-refractivity contribution in [1.29, 1.82) is 0 Å². The number of hydrogen-bond donors (Lipinski definition) is 2. The molecule has 0 spiro atoms. The fraction of sp³-hybridized carbons (Fsp3) is 0.316. The van der Waals surface area contributed by atoms with Gasteiger partial charge in [0.1, 0.15) is 18.2 Å². The number of aromatic nitrogens is 2. The van der Waals surface area contributed by atoms with E-state index in [9.17, 15) is 9.59 Å². The maximum absolute atomic E-state index is 12.3. The van der Waals surface area contributed by atoms with Crippen LogP contribution in [0.15, 0.2) is 51.9 Å². The zero-order valence-electron chi connectivity index (χ0n) is 15.1. The van der Waals surface area contributed by atoms with Gasteiger partial charge in [0.2, 0.25) is 0 Å². The van der Waals surface area contributed by atoms with E-state index in [0.717, 1.165) is 5.76 Å². The number of carbonyl (C=O) groups is 1. The van der Waals surface area contributed by atoms with Crippen LogP contribution in [-0.4, -0.2) is 28.7 Å². The normalized spacial score (nSPS) is 10.9. The maximum Gasteiger partial charge on any atom is 0.315 e. The van der Waals surface area contributed by atoms with Crippen LogP contribution in [0.4, 0.5) is 4.79 Å². The third-order valence-electron chi connectivity index (χ3n) is 4.06. The molecule has 0 saturated carbocycles. The number of amides is 2. The van der Waals surface area contributed by atoms with E-state index in [-0.39, 0.29) is 18.1 Å². The number of nitrogens with one attached hydrogen (secondary N) is 2. The Hall–Kier alpha value is -3.13. The summed E-state index contributed by atoms with van der Waals surface area (Å²) < 4.78 is 12.1. The molecular weight excluding hydrogens is 348 g/mol. The Morgan fingerprint density at radius 3 is 2.89 bits per heavy atom. The molecular formula is C19H22N4O4. The molecule has 0 bridgehead atoms. The second-order valence-corrected chi connectivity index (χ2v) is 6.00. The Labute approximate surface area is 156 Å². The van der Waals surface area contributed by atoms with Crippen LogP contribution in [-0.2, 0) is 24.9 Å². The third kappa shape index (κ3) is 4.95. The van der Waals surface area contributed by atoms with Gasteiger partial charge in [0, 0.05) is 20.2 Å². The van der Waals surface area contributed by atoms with Crippen LogP contribution in [0.1, 0.15) is 18.0 Å². The van der Waals surface area contributed by atoms with Gasteiger partial charge in [0.05, 0.1) is 23.7 Å². The van der Waals surface area contributed by atoms with E-state index in [1.165, 1.54) is 4.57 Å². The van der Waals surface area contributed by atoms with Gasteiger partial charge in [-0.05, 0) is 30.7 Å². The first-order valence-corrected chi connectivity index (χ1v) is 8.71. The van der Waals surface area contributed by atoms with Gasteiger partial charge in [-0.25, -0.2) is 9.78 Å². The summed E-state index contributed by atoms with van der Waals surface area (Å²) in [7, 11) is 1.65. The van der Waals surface area contributed by atoms with Crippen molar-refractivity contribution in [2.75, 3.05) is 13.2 Å². The average molecular weight is 370 g/mol. The number of para-hydroxylation sites is 1. The SMILES string of the molecule is Cn1c(CNC(=O)NCCCOCc2ccco2)nc2ccccc2c1=O. The van der Waals surface area contributed by atoms with Crippen LogP contribution in [0.5, 0.6) is 0 Å². The molecule has 2 heterocycles. The molecule has 0 fully saturated rings. The maximum atomic E-state index is 12.3. The van der Waals surface area contributed by atoms with E-state index < -0.39 is 0 Å². The molecule has 0 unspecified atom stereocenters. The number of nitrogens with zero attached hydrogens (tertiary/aromatic N) is 2. The van der Waals surface area contributed by atoms with Crippen molar-refractivity contribution in [1.82, 2.24) is 20.2 Å². The highest BCUT2D eigenvalue weighted by Crippen LogP contribution is 2.07. The molecule has 0 aliphatic heterocycles. The minimum Gasteiger partial charge on any atom is -0.467 e. The summed E-state index contributed by atoms with van der Waals surface area (Å²) in [4.78, 5) is 28.7. The Morgan fingerprint density at radius 2 is 2.07 bits per heavy atom. The van der Waals surface area contributed by atoms with E-state index in [0.29, 0.717) is 42.9 Å². The largest absolute Gasteiger partial charge is 0.467 e. The molecule has 27 heavy (non-hydrogen) atoms. The molecule has 3 rings (SSSR count). The van der Waals surface area contributed by atoms with Crippen molar-refractivity contribution < 1.29 is 13.9 Å². The standard InChI is InChI=1S/C19H22N4O4/c1-23-17(22-16-8-3-2-7-15(16)18(23)24)12-21-19(25)20-9-5-10-26-13-14-6-4-11-27-14/h2-4,6-8,11H,5,9-10,12-13H2,1H3,(H2,20,21,25). The number of fused-ring (bicyclic) bond motifs is 1. The summed E-state index contributed by atoms with van der Waals surface area (Å²) in [5.74, 6) is 1.27. The first-order chi connectivity index (χ1) is 13.1. The van der Waals surface area contributed by atoms with Crippen molar-refractivity contribution in [3.8, 4) is 0 Å². The van der Waals surface area contributed by atoms with E-state index in [1.54, 1.807) is 31.5 Å². The van der Waals surface area contributed by atoms with Crippen LogP contribution in [0.3, 0.4) is 0 Å². The highest BCUT2D eigenvalue weighted by Gasteiger charge is 2.09. The van der Waals surface area contributed by atoms with E-state index in [4.69, 9.17) is 9.15 Å². The molecule has 0 aliphatic rings. The lowest BCUT2D eigenvalue weighted by atomic mass is 10.2. The fourth-order valence-corrected chi connectivity index (χ4v) is 2.59. The van der Waals surface area contributed by atoms with E-state index in [1.807, 2.05) is 18.2 Å². The fourth-order valence-electron chi connectivity index (χ4n) is 2.59. The first kappa shape index (κ1) is 18.7. The summed E-state index contributed by atoms with van der Waals surface area (Å²) in [6.07, 6.45) is 2.28. The molecule has 142 valence electrons. The predicted molar refractivity (Wildman–Crippen MR) is 100 cm³/mol. The summed E-state index contributed by atoms with van der Waals surface area (Å²) in [6, 6.07) is 10.5. The smallest absolute Gasteiger partial charge is 0.315 e. The molecule has 0 aliphatic carbocycles. The average Bonchev–Trinajstić information content (AvgIpc) is 3.20. The number of ether oxygens (including phenoxy) is 1. The van der Waals surface area contributed by atoms with Gasteiger partial charge in [0.25, 0.3) is 5.56 Å². The minimum absolute atomic E-state index is 0.133. The molecule has 1 aromatic carbocycles. The van der Waals surface area contributed by atoms with Crippen molar-refractivity contribution >= 4 is 16.9 Å². The van der Waals surface area contributed by atoms with Gasteiger partial charge in [-0.15, -0.1) is 0 Å². The molecule has 2 aromatic heterocycles. The van der Waals surface area contributed by atoms with E-state index >= 15 is 0 Å². The summed E-state index contributed by atoms with van der Waals surface area (Å²) in [6.45, 7) is 1.58. The van der Waals surface area contributed by atoms with Crippen molar-refractivity contribution in [3.05, 3.63) is 64.6 Å². The lowest BCUT2D eigenvalue weighted by Gasteiger charge is -2.11. The predicted octanol–water partition coefficient (Wildman–Crippen LogP) is 1.93. The first-order valence-electron chi connectivity index (χ1n) is 8.71. The van der Waals surface area contributed by atoms with Crippen LogP contribution in [0, 0.1) is 0 Å². The lowest BCUT2D eigenvalue weighted by Crippen LogP contribution is -2.37. The monoisotopic (exact) mass is 370 g/mol. The van der Waals surface area contributed by atoms with Gasteiger partial charge in [-0.2, -0.15) is 0 Å². The number of furan rings is 1. The van der Waals surface area contributed by atoms with Gasteiger partial charge in [-0.1, -0.05) is 12.1 Å². The van der Waals surface area contributed by atoms with Crippen molar-refractivity contribution in [3.63, 3.8) is 0 Å². The van der Waals surface area contributed by atoms with Gasteiger partial charge in [-0.3, -0.25) is 9.36 Å². The molecule has 8 heteroatoms. The summed E-state index contributed by atoms with van der Waals surface area (Å²) >= 11 is 0. The van der Waals surface area contributed by atoms with Crippen LogP contribution in [0.2, 0.25) is 0 Å². The summed E-state index contributed by atoms with van der Waals surface area (Å²) in [5, 5.41) is 6.02. The topological polar surface area (TPSA) is 98.4 Å². The quantitative estimate of drug-likeness (QED) is 0.591. The Kier molecular flexibility index (Phi) is 6.22. The Bertz CT molecular complexity index is 950. The molecule has 2 amide bonds. The number of carbonyl (C=O) groups excluding carboxylic acids is 1. The van der Waals surface area contributed by atoms with E-state index in [2.05, 4.69) is 15.6 Å². The number of rotatable bonds is 8. The molecule has 3 aromatic rings. The van der Waals surface area contributed by atoms with Crippen LogP contribution in [0.25, 0.3) is 10.9 Å². The van der Waals surface area contributed by atoms with Crippen molar-refractivity contribution in [2.24, 2.45) is 7.05 Å². The molecule has 2 N–H and O–H groups in total. The molecule has 0 radical (unpaired) electrons. The van der Waals surface area contributed by atoms with Crippen LogP contribution >= 0.6 is 0 Å². The molecule has 0 atom stereocenters. The number of benzene rings is 1. The molecule has 8 nitrogen and oxygen atoms in total. The highest BCUT2D eigenvalue weighted by molar-refractivity contribution is 5.77. The third-order valence-corrected chi connectivity index (χ3v) is 4.06. The van der Waals surface area contributed by atoms with Gasteiger partial charge >= 0.3 is 6.03 Å². The Morgan fingerprint density at radius 1 is 1.22 bits per heavy atom. The number of hydrogen-bond acceptors (Lipinski definition) is 5. The second kappa shape index (κ2) is 9.00. The molecule has 0 saturated heterocycles. The minimum atomic E-state index is -0.316. The zero-order valence-corrected chi connectivity index (χ0v) is 15.1. The highest BCUT2D eigenvalue weighted by atomic mass is 16.5. The lowest BCUT2D eigenvalue weighted by molar-refractivity contribution is 0.104. The van der Waals surface area contributed by atoms with Gasteiger partial charge in [0.15, 0.2) is 0 Å². The number of urea groups is 1. The van der Waals surface area contributed by atoms with Crippen LogP contribution < -0.4 is 16.2 Å².